The van der Waals surface area contributed by atoms with Gasteiger partial charge in [-0.1, -0.05) is 0 Å². The second-order valence-corrected chi connectivity index (χ2v) is 4.05. The first-order valence-corrected chi connectivity index (χ1v) is 22.6. The number of ether oxygens (including phenoxy) is 1. The third-order valence-corrected chi connectivity index (χ3v) is 3.05. The fraction of sp³-hybridized carbons (Fsp3) is 0.333. The molecule has 1 aliphatic heterocycles. The van der Waals surface area contributed by atoms with Crippen molar-refractivity contribution in [3.8, 4) is 0 Å². The predicted octanol–water partition coefficient (Wildman–Crippen LogP) is 1.18. The zero-order valence-corrected chi connectivity index (χ0v) is 18.6. The molecule has 100 valence electrons. The van der Waals surface area contributed by atoms with Gasteiger partial charge in [-0.3, -0.25) is 4.79 Å². The monoisotopic (exact) mass is 475 g/mol. The molecular formula is C12H15IInN3O2. The Bertz CT molecular complexity index is 555. The Balaban J connectivity index is 0.000000637. The number of hydrogen-bond acceptors (Lipinski definition) is 4. The normalized spacial score (nSPS) is 14.9. The Morgan fingerprint density at radius 2 is 2.16 bits per heavy atom. The van der Waals surface area contributed by atoms with Gasteiger partial charge in [-0.05, 0) is 6.07 Å². The molecule has 1 N–H and O–H groups in total. The van der Waals surface area contributed by atoms with E-state index in [1.165, 1.54) is 0 Å². The zero-order chi connectivity index (χ0) is 13.7. The number of hydrogen-bond donors (Lipinski definition) is 1. The number of aldehydes is 1. The number of aromatic nitrogens is 2. The van der Waals surface area contributed by atoms with E-state index in [1.807, 2.05) is 12.3 Å². The third kappa shape index (κ3) is 3.43. The second-order valence-electron chi connectivity index (χ2n) is 4.05. The van der Waals surface area contributed by atoms with Crippen LogP contribution >= 0.6 is 18.1 Å². The number of morpholine rings is 1. The van der Waals surface area contributed by atoms with E-state index in [9.17, 15) is 4.79 Å². The first-order valence-electron chi connectivity index (χ1n) is 6.01. The summed E-state index contributed by atoms with van der Waals surface area (Å²) in [5.74, 6) is 0. The van der Waals surface area contributed by atoms with Crippen LogP contribution in [0.25, 0.3) is 11.0 Å². The predicted molar refractivity (Wildman–Crippen MR) is 87.1 cm³/mol. The standard InChI is InChI=1S/C12H13N3O2.HI.In.2H/c16-8-9-6-13-12-11(9)5-10(7-14-12)15-1-3-17-4-2-15;;;;/h5-8H,1-4H2,(H,13,14);1H;;;/q;;+1;;/p-1. The Hall–Kier alpha value is -0.280. The molecule has 0 saturated carbocycles. The average molecular weight is 475 g/mol. The summed E-state index contributed by atoms with van der Waals surface area (Å²) in [6.45, 7) is 3.22. The van der Waals surface area contributed by atoms with Gasteiger partial charge >= 0.3 is 38.4 Å². The molecule has 0 unspecified atom stereocenters. The molecular weight excluding hydrogens is 460 g/mol. The van der Waals surface area contributed by atoms with Gasteiger partial charge in [0.15, 0.2) is 6.29 Å². The number of anilines is 1. The molecule has 0 radical (unpaired) electrons. The Morgan fingerprint density at radius 1 is 1.42 bits per heavy atom. The van der Waals surface area contributed by atoms with Crippen molar-refractivity contribution in [2.24, 2.45) is 0 Å². The van der Waals surface area contributed by atoms with Crippen LogP contribution in [-0.4, -0.2) is 62.8 Å². The summed E-state index contributed by atoms with van der Waals surface area (Å²) in [4.78, 5) is 20.4. The van der Waals surface area contributed by atoms with Gasteiger partial charge < -0.3 is 14.6 Å². The molecule has 1 aliphatic rings. The molecule has 7 heteroatoms. The van der Waals surface area contributed by atoms with Crippen LogP contribution in [0.4, 0.5) is 5.69 Å². The Morgan fingerprint density at radius 3 is 2.84 bits per heavy atom. The summed E-state index contributed by atoms with van der Waals surface area (Å²) >= 11 is 3.28. The second kappa shape index (κ2) is 7.49. The number of pyridine rings is 1. The van der Waals surface area contributed by atoms with Crippen LogP contribution in [0.3, 0.4) is 0 Å². The molecule has 0 amide bonds. The average Bonchev–Trinajstić information content (AvgIpc) is 2.92. The van der Waals surface area contributed by atoms with Gasteiger partial charge in [0.2, 0.25) is 0 Å². The molecule has 0 aliphatic carbocycles. The van der Waals surface area contributed by atoms with E-state index in [0.717, 1.165) is 69.5 Å². The Kier molecular flexibility index (Phi) is 5.96. The van der Waals surface area contributed by atoms with Crippen LogP contribution in [0.2, 0.25) is 0 Å². The van der Waals surface area contributed by atoms with Gasteiger partial charge in [0.1, 0.15) is 5.65 Å². The van der Waals surface area contributed by atoms with E-state index in [-0.39, 0.29) is 0 Å². The molecule has 1 fully saturated rings. The molecule has 2 aromatic heterocycles. The molecule has 2 aromatic rings. The van der Waals surface area contributed by atoms with Crippen molar-refractivity contribution in [3.63, 3.8) is 0 Å². The SMILES string of the molecule is O=Cc1c[nH]c2ncc(N3CCOCC3)cc12.[InH2][I]. The molecule has 0 bridgehead atoms. The number of H-pyrrole nitrogens is 1. The molecule has 19 heavy (non-hydrogen) atoms. The number of nitrogens with zero attached hydrogens (tertiary/aromatic N) is 2. The number of halogens is 1. The van der Waals surface area contributed by atoms with Crippen molar-refractivity contribution in [2.45, 2.75) is 0 Å². The Labute approximate surface area is 135 Å². The van der Waals surface area contributed by atoms with Crippen LogP contribution in [0.1, 0.15) is 10.4 Å². The van der Waals surface area contributed by atoms with Crippen LogP contribution in [0, 0.1) is 0 Å². The number of aromatic amines is 1. The summed E-state index contributed by atoms with van der Waals surface area (Å²) in [6.07, 6.45) is 4.37. The summed E-state index contributed by atoms with van der Waals surface area (Å²) in [6, 6.07) is 2.01. The number of carbonyl (C=O) groups is 1. The van der Waals surface area contributed by atoms with Crippen LogP contribution in [0.15, 0.2) is 18.5 Å². The zero-order valence-electron chi connectivity index (χ0n) is 10.7. The van der Waals surface area contributed by atoms with Gasteiger partial charge in [0.05, 0.1) is 25.1 Å². The molecule has 0 aromatic carbocycles. The molecule has 0 spiro atoms. The van der Waals surface area contributed by atoms with E-state index in [1.54, 1.807) is 6.20 Å². The van der Waals surface area contributed by atoms with Crippen molar-refractivity contribution in [3.05, 3.63) is 24.0 Å². The van der Waals surface area contributed by atoms with Gasteiger partial charge in [-0.15, -0.1) is 0 Å². The first kappa shape index (κ1) is 15.1. The van der Waals surface area contributed by atoms with Crippen LogP contribution in [0.5, 0.6) is 0 Å². The van der Waals surface area contributed by atoms with E-state index < -0.39 is 0 Å². The van der Waals surface area contributed by atoms with Crippen molar-refractivity contribution in [1.82, 2.24) is 9.97 Å². The van der Waals surface area contributed by atoms with E-state index in [4.69, 9.17) is 4.74 Å². The summed E-state index contributed by atoms with van der Waals surface area (Å²) in [5.41, 5.74) is 2.45. The van der Waals surface area contributed by atoms with Crippen molar-refractivity contribution in [2.75, 3.05) is 31.2 Å². The van der Waals surface area contributed by atoms with E-state index in [0.29, 0.717) is 5.56 Å². The van der Waals surface area contributed by atoms with E-state index in [2.05, 4.69) is 33.0 Å². The van der Waals surface area contributed by atoms with Crippen molar-refractivity contribution >= 4 is 61.4 Å². The minimum atomic E-state index is 0.655. The maximum atomic E-state index is 10.9. The molecule has 5 nitrogen and oxygen atoms in total. The number of rotatable bonds is 2. The summed E-state index contributed by atoms with van der Waals surface area (Å²) in [5, 5.41) is 0.879. The van der Waals surface area contributed by atoms with E-state index >= 15 is 0 Å². The van der Waals surface area contributed by atoms with Gasteiger partial charge in [0.25, 0.3) is 0 Å². The summed E-state index contributed by atoms with van der Waals surface area (Å²) < 4.78 is 5.31. The van der Waals surface area contributed by atoms with Crippen LogP contribution < -0.4 is 4.90 Å². The van der Waals surface area contributed by atoms with Crippen molar-refractivity contribution < 1.29 is 9.53 Å². The number of carbonyl (C=O) groups excluding carboxylic acids is 1. The number of nitrogens with one attached hydrogen (secondary N) is 1. The molecule has 1 saturated heterocycles. The first-order chi connectivity index (χ1) is 9.38. The van der Waals surface area contributed by atoms with Crippen molar-refractivity contribution in [1.29, 1.82) is 0 Å². The van der Waals surface area contributed by atoms with Crippen LogP contribution in [-0.2, 0) is 4.74 Å². The fourth-order valence-electron chi connectivity index (χ4n) is 2.10. The summed E-state index contributed by atoms with van der Waals surface area (Å²) in [7, 11) is 0. The molecule has 3 heterocycles. The fourth-order valence-corrected chi connectivity index (χ4v) is 2.10. The minimum absolute atomic E-state index is 0.655. The quantitative estimate of drug-likeness (QED) is 0.524. The molecule has 3 rings (SSSR count). The topological polar surface area (TPSA) is 58.2 Å². The third-order valence-electron chi connectivity index (χ3n) is 3.05. The van der Waals surface area contributed by atoms with Gasteiger partial charge in [0, 0.05) is 30.2 Å². The maximum absolute atomic E-state index is 10.9. The molecule has 0 atom stereocenters. The number of fused-ring (bicyclic) bond motifs is 1. The van der Waals surface area contributed by atoms with Gasteiger partial charge in [-0.2, -0.15) is 0 Å². The van der Waals surface area contributed by atoms with Gasteiger partial charge in [-0.25, -0.2) is 4.98 Å².